The zero-order valence-electron chi connectivity index (χ0n) is 12.1. The van der Waals surface area contributed by atoms with Gasteiger partial charge in [-0.1, -0.05) is 18.5 Å². The lowest BCUT2D eigenvalue weighted by Crippen LogP contribution is -2.24. The molecule has 2 atom stereocenters. The van der Waals surface area contributed by atoms with Crippen molar-refractivity contribution in [2.24, 2.45) is 5.92 Å². The highest BCUT2D eigenvalue weighted by Crippen LogP contribution is 2.27. The molecule has 19 heavy (non-hydrogen) atoms. The summed E-state index contributed by atoms with van der Waals surface area (Å²) in [6.07, 6.45) is 2.64. The predicted molar refractivity (Wildman–Crippen MR) is 76.6 cm³/mol. The number of nitrogens with zero attached hydrogens (tertiary/aromatic N) is 2. The molecule has 0 aliphatic heterocycles. The van der Waals surface area contributed by atoms with Crippen LogP contribution < -0.4 is 5.32 Å². The summed E-state index contributed by atoms with van der Waals surface area (Å²) < 4.78 is 12.2. The third kappa shape index (κ3) is 4.76. The van der Waals surface area contributed by atoms with E-state index in [4.69, 9.17) is 21.1 Å². The summed E-state index contributed by atoms with van der Waals surface area (Å²) in [5, 5.41) is 8.31. The maximum Gasteiger partial charge on any atom is 0.0834 e. The number of ether oxygens (including phenoxy) is 2. The molecule has 6 heteroatoms. The van der Waals surface area contributed by atoms with Crippen LogP contribution in [-0.2, 0) is 16.0 Å². The van der Waals surface area contributed by atoms with Gasteiger partial charge < -0.3 is 14.8 Å². The quantitative estimate of drug-likeness (QED) is 0.756. The minimum Gasteiger partial charge on any atom is -0.384 e. The van der Waals surface area contributed by atoms with Gasteiger partial charge in [0.05, 0.1) is 36.1 Å². The van der Waals surface area contributed by atoms with Crippen LogP contribution in [0.4, 0.5) is 0 Å². The van der Waals surface area contributed by atoms with Crippen molar-refractivity contribution < 1.29 is 9.47 Å². The second-order valence-corrected chi connectivity index (χ2v) is 5.14. The maximum atomic E-state index is 6.26. The van der Waals surface area contributed by atoms with Crippen LogP contribution in [0.15, 0.2) is 6.20 Å². The van der Waals surface area contributed by atoms with E-state index in [1.807, 2.05) is 11.7 Å². The Morgan fingerprint density at radius 1 is 1.42 bits per heavy atom. The lowest BCUT2D eigenvalue weighted by Gasteiger charge is -2.22. The molecule has 0 saturated heterocycles. The van der Waals surface area contributed by atoms with E-state index in [-0.39, 0.29) is 6.04 Å². The second kappa shape index (κ2) is 8.53. The van der Waals surface area contributed by atoms with Crippen LogP contribution in [0, 0.1) is 5.92 Å². The molecule has 1 aromatic rings. The number of hydrogen-bond donors (Lipinski definition) is 1. The molecule has 0 fully saturated rings. The lowest BCUT2D eigenvalue weighted by molar-refractivity contribution is 0.148. The van der Waals surface area contributed by atoms with Gasteiger partial charge in [0.2, 0.25) is 0 Å². The van der Waals surface area contributed by atoms with Crippen LogP contribution in [0.25, 0.3) is 0 Å². The van der Waals surface area contributed by atoms with E-state index in [0.29, 0.717) is 24.1 Å². The molecule has 110 valence electrons. The summed E-state index contributed by atoms with van der Waals surface area (Å²) >= 11 is 6.26. The molecule has 0 radical (unpaired) electrons. The van der Waals surface area contributed by atoms with Crippen molar-refractivity contribution in [2.45, 2.75) is 25.9 Å². The highest BCUT2D eigenvalue weighted by Gasteiger charge is 2.21. The minimum absolute atomic E-state index is 0.164. The Bertz CT molecular complexity index is 371. The number of hydrogen-bond acceptors (Lipinski definition) is 4. The van der Waals surface area contributed by atoms with Crippen molar-refractivity contribution in [1.82, 2.24) is 15.1 Å². The molecule has 0 saturated carbocycles. The number of nitrogens with one attached hydrogen (secondary N) is 1. The van der Waals surface area contributed by atoms with Gasteiger partial charge in [-0.3, -0.25) is 4.68 Å². The van der Waals surface area contributed by atoms with Crippen molar-refractivity contribution in [3.05, 3.63) is 16.9 Å². The normalized spacial score (nSPS) is 14.6. The molecule has 2 unspecified atom stereocenters. The number of halogens is 1. The number of rotatable bonds is 9. The van der Waals surface area contributed by atoms with Crippen molar-refractivity contribution in [1.29, 1.82) is 0 Å². The zero-order chi connectivity index (χ0) is 14.3. The molecular weight excluding hydrogens is 266 g/mol. The van der Waals surface area contributed by atoms with Gasteiger partial charge in [-0.25, -0.2) is 0 Å². The van der Waals surface area contributed by atoms with Crippen LogP contribution in [0.2, 0.25) is 5.02 Å². The van der Waals surface area contributed by atoms with E-state index >= 15 is 0 Å². The monoisotopic (exact) mass is 289 g/mol. The van der Waals surface area contributed by atoms with Gasteiger partial charge in [-0.15, -0.1) is 0 Å². The fourth-order valence-corrected chi connectivity index (χ4v) is 2.47. The third-order valence-electron chi connectivity index (χ3n) is 3.11. The number of aromatic nitrogens is 2. The zero-order valence-corrected chi connectivity index (χ0v) is 12.9. The van der Waals surface area contributed by atoms with Crippen LogP contribution >= 0.6 is 11.6 Å². The molecule has 1 heterocycles. The van der Waals surface area contributed by atoms with Crippen molar-refractivity contribution in [3.63, 3.8) is 0 Å². The summed E-state index contributed by atoms with van der Waals surface area (Å²) in [6, 6.07) is 0.164. The molecular formula is C13H24ClN3O2. The fraction of sp³-hybridized carbons (Fsp3) is 0.769. The second-order valence-electron chi connectivity index (χ2n) is 4.73. The first-order valence-corrected chi connectivity index (χ1v) is 6.88. The van der Waals surface area contributed by atoms with Gasteiger partial charge in [0.15, 0.2) is 0 Å². The molecule has 1 rings (SSSR count). The van der Waals surface area contributed by atoms with E-state index in [9.17, 15) is 0 Å². The summed E-state index contributed by atoms with van der Waals surface area (Å²) in [5.74, 6) is 0.448. The van der Waals surface area contributed by atoms with Gasteiger partial charge in [0.1, 0.15) is 0 Å². The SMILES string of the molecule is CNC(CC(C)COC)c1c(Cl)cnn1CCOC. The van der Waals surface area contributed by atoms with E-state index in [1.54, 1.807) is 20.4 Å². The summed E-state index contributed by atoms with van der Waals surface area (Å²) in [6.45, 7) is 4.23. The molecule has 1 N–H and O–H groups in total. The lowest BCUT2D eigenvalue weighted by atomic mass is 10.00. The smallest absolute Gasteiger partial charge is 0.0834 e. The topological polar surface area (TPSA) is 48.3 Å². The van der Waals surface area contributed by atoms with Crippen LogP contribution in [0.3, 0.4) is 0 Å². The average Bonchev–Trinajstić information content (AvgIpc) is 2.75. The highest BCUT2D eigenvalue weighted by molar-refractivity contribution is 6.31. The van der Waals surface area contributed by atoms with Crippen LogP contribution in [0.5, 0.6) is 0 Å². The standard InChI is InChI=1S/C13H24ClN3O2/c1-10(9-19-4)7-12(15-2)13-11(14)8-16-17(13)5-6-18-3/h8,10,12,15H,5-7,9H2,1-4H3. The Morgan fingerprint density at radius 3 is 2.74 bits per heavy atom. The summed E-state index contributed by atoms with van der Waals surface area (Å²) in [5.41, 5.74) is 1.02. The van der Waals surface area contributed by atoms with Gasteiger partial charge >= 0.3 is 0 Å². The van der Waals surface area contributed by atoms with Crippen molar-refractivity contribution in [2.75, 3.05) is 34.5 Å². The van der Waals surface area contributed by atoms with Gasteiger partial charge in [-0.2, -0.15) is 5.10 Å². The molecule has 0 bridgehead atoms. The maximum absolute atomic E-state index is 6.26. The van der Waals surface area contributed by atoms with Gasteiger partial charge in [0.25, 0.3) is 0 Å². The molecule has 0 aliphatic rings. The van der Waals surface area contributed by atoms with E-state index in [2.05, 4.69) is 17.3 Å². The first-order valence-electron chi connectivity index (χ1n) is 6.50. The minimum atomic E-state index is 0.164. The highest BCUT2D eigenvalue weighted by atomic mass is 35.5. The van der Waals surface area contributed by atoms with Crippen molar-refractivity contribution >= 4 is 11.6 Å². The molecule has 0 spiro atoms. The van der Waals surface area contributed by atoms with E-state index in [0.717, 1.165) is 18.7 Å². The van der Waals surface area contributed by atoms with Gasteiger partial charge in [0, 0.05) is 20.8 Å². The summed E-state index contributed by atoms with van der Waals surface area (Å²) in [7, 11) is 5.34. The van der Waals surface area contributed by atoms with E-state index in [1.165, 1.54) is 0 Å². The largest absolute Gasteiger partial charge is 0.384 e. The first kappa shape index (κ1) is 16.4. The molecule has 1 aromatic heterocycles. The Morgan fingerprint density at radius 2 is 2.16 bits per heavy atom. The van der Waals surface area contributed by atoms with Crippen molar-refractivity contribution in [3.8, 4) is 0 Å². The molecule has 0 aliphatic carbocycles. The number of methoxy groups -OCH3 is 2. The third-order valence-corrected chi connectivity index (χ3v) is 3.40. The first-order chi connectivity index (χ1) is 9.13. The average molecular weight is 290 g/mol. The van der Waals surface area contributed by atoms with E-state index < -0.39 is 0 Å². The summed E-state index contributed by atoms with van der Waals surface area (Å²) in [4.78, 5) is 0. The Labute approximate surface area is 120 Å². The predicted octanol–water partition coefficient (Wildman–Crippen LogP) is 2.12. The fourth-order valence-electron chi connectivity index (χ4n) is 2.20. The Hall–Kier alpha value is -0.620. The Kier molecular flexibility index (Phi) is 7.38. The molecule has 0 amide bonds. The molecule has 0 aromatic carbocycles. The Balaban J connectivity index is 2.81. The molecule has 5 nitrogen and oxygen atoms in total. The van der Waals surface area contributed by atoms with Gasteiger partial charge in [-0.05, 0) is 19.4 Å². The van der Waals surface area contributed by atoms with Crippen LogP contribution in [0.1, 0.15) is 25.1 Å². The van der Waals surface area contributed by atoms with Crippen LogP contribution in [-0.4, -0.2) is 44.3 Å².